The van der Waals surface area contributed by atoms with Gasteiger partial charge in [0.05, 0.1) is 27.1 Å². The van der Waals surface area contributed by atoms with E-state index in [1.165, 1.54) is 4.57 Å². The van der Waals surface area contributed by atoms with Crippen LogP contribution in [0.25, 0.3) is 10.9 Å². The maximum Gasteiger partial charge on any atom is 0.222 e. The van der Waals surface area contributed by atoms with Gasteiger partial charge in [0.15, 0.2) is 5.69 Å². The molecular weight excluding hydrogens is 375 g/mol. The summed E-state index contributed by atoms with van der Waals surface area (Å²) in [6.07, 6.45) is 0. The molecule has 8 heteroatoms. The second-order valence-corrected chi connectivity index (χ2v) is 6.14. The molecule has 0 saturated carbocycles. The molecule has 0 aliphatic rings. The molecule has 0 atom stereocenters. The number of benzene rings is 2. The van der Waals surface area contributed by atoms with E-state index < -0.39 is 0 Å². The van der Waals surface area contributed by atoms with E-state index >= 15 is 0 Å². The lowest BCUT2D eigenvalue weighted by molar-refractivity contribution is 0.291. The van der Waals surface area contributed by atoms with Crippen molar-refractivity contribution in [3.63, 3.8) is 0 Å². The largest absolute Gasteiger partial charge is 0.493 e. The number of nitrogens with zero attached hydrogens (tertiary/aromatic N) is 2. The van der Waals surface area contributed by atoms with Crippen molar-refractivity contribution in [2.45, 2.75) is 6.54 Å². The molecule has 124 valence electrons. The van der Waals surface area contributed by atoms with Crippen LogP contribution in [0.2, 0.25) is 15.1 Å². The second kappa shape index (κ2) is 6.89. The van der Waals surface area contributed by atoms with Gasteiger partial charge >= 0.3 is 0 Å². The first-order chi connectivity index (χ1) is 11.5. The third-order valence-electron chi connectivity index (χ3n) is 3.56. The number of fused-ring (bicyclic) bond motifs is 1. The molecule has 3 rings (SSSR count). The van der Waals surface area contributed by atoms with E-state index in [0.29, 0.717) is 26.7 Å². The summed E-state index contributed by atoms with van der Waals surface area (Å²) in [6, 6.07) is 10.2. The zero-order chi connectivity index (χ0) is 17.3. The number of halogens is 3. The van der Waals surface area contributed by atoms with Crippen molar-refractivity contribution in [3.8, 4) is 11.6 Å². The Bertz CT molecular complexity index is 925. The van der Waals surface area contributed by atoms with Gasteiger partial charge in [-0.05, 0) is 29.4 Å². The van der Waals surface area contributed by atoms with Gasteiger partial charge in [-0.1, -0.05) is 46.9 Å². The summed E-state index contributed by atoms with van der Waals surface area (Å²) in [4.78, 5) is 11.0. The lowest BCUT2D eigenvalue weighted by atomic mass is 10.2. The van der Waals surface area contributed by atoms with Gasteiger partial charge in [-0.25, -0.2) is 0 Å². The number of para-hydroxylation sites is 1. The Morgan fingerprint density at radius 3 is 2.54 bits per heavy atom. The van der Waals surface area contributed by atoms with Gasteiger partial charge < -0.3 is 14.4 Å². The zero-order valence-corrected chi connectivity index (χ0v) is 14.4. The predicted molar refractivity (Wildman–Crippen MR) is 96.0 cm³/mol. The second-order valence-electron chi connectivity index (χ2n) is 4.95. The van der Waals surface area contributed by atoms with Crippen LogP contribution >= 0.6 is 34.8 Å². The van der Waals surface area contributed by atoms with Crippen LogP contribution < -0.4 is 4.74 Å². The van der Waals surface area contributed by atoms with Crippen molar-refractivity contribution < 1.29 is 9.84 Å². The van der Waals surface area contributed by atoms with Crippen LogP contribution in [0, 0.1) is 4.91 Å². The summed E-state index contributed by atoms with van der Waals surface area (Å²) in [5.41, 5.74) is 0.348. The van der Waals surface area contributed by atoms with Crippen molar-refractivity contribution >= 4 is 51.4 Å². The fourth-order valence-corrected chi connectivity index (χ4v) is 3.08. The van der Waals surface area contributed by atoms with E-state index in [9.17, 15) is 10.0 Å². The molecule has 0 aliphatic heterocycles. The number of aromatic nitrogens is 1. The van der Waals surface area contributed by atoms with E-state index in [2.05, 4.69) is 5.18 Å². The monoisotopic (exact) mass is 384 g/mol. The molecule has 1 heterocycles. The normalized spacial score (nSPS) is 11.0. The van der Waals surface area contributed by atoms with Crippen molar-refractivity contribution in [1.29, 1.82) is 0 Å². The fraction of sp³-hybridized carbons (Fsp3) is 0.125. The van der Waals surface area contributed by atoms with E-state index in [-0.39, 0.29) is 29.7 Å². The summed E-state index contributed by atoms with van der Waals surface area (Å²) in [7, 11) is 0. The van der Waals surface area contributed by atoms with Gasteiger partial charge in [0.1, 0.15) is 12.4 Å². The summed E-state index contributed by atoms with van der Waals surface area (Å²) >= 11 is 18.3. The number of aromatic hydroxyl groups is 1. The molecule has 0 amide bonds. The fourth-order valence-electron chi connectivity index (χ4n) is 2.47. The summed E-state index contributed by atoms with van der Waals surface area (Å²) in [6.45, 7) is 0.422. The van der Waals surface area contributed by atoms with E-state index in [4.69, 9.17) is 39.5 Å². The summed E-state index contributed by atoms with van der Waals surface area (Å²) in [5, 5.41) is 14.6. The van der Waals surface area contributed by atoms with Crippen LogP contribution in [-0.2, 0) is 6.54 Å². The highest BCUT2D eigenvalue weighted by Gasteiger charge is 2.21. The Balaban J connectivity index is 1.94. The SMILES string of the molecule is O=Nc1c(O)n(CCOc2ccccc2Cl)c2c(Cl)c(Cl)ccc12. The number of hydrogen-bond acceptors (Lipinski definition) is 4. The minimum Gasteiger partial charge on any atom is -0.493 e. The molecule has 0 radical (unpaired) electrons. The van der Waals surface area contributed by atoms with Crippen molar-refractivity contribution in [1.82, 2.24) is 4.57 Å². The van der Waals surface area contributed by atoms with Gasteiger partial charge in [0.25, 0.3) is 0 Å². The van der Waals surface area contributed by atoms with Crippen LogP contribution in [0.1, 0.15) is 0 Å². The molecule has 0 saturated heterocycles. The number of rotatable bonds is 5. The molecule has 0 unspecified atom stereocenters. The highest BCUT2D eigenvalue weighted by molar-refractivity contribution is 6.45. The Labute approximate surface area is 152 Å². The molecule has 3 aromatic rings. The minimum absolute atomic E-state index is 0.0821. The molecule has 5 nitrogen and oxygen atoms in total. The molecule has 1 aromatic heterocycles. The summed E-state index contributed by atoms with van der Waals surface area (Å²) in [5.74, 6) is 0.236. The highest BCUT2D eigenvalue weighted by Crippen LogP contribution is 2.43. The smallest absolute Gasteiger partial charge is 0.222 e. The van der Waals surface area contributed by atoms with Crippen LogP contribution in [0.3, 0.4) is 0 Å². The van der Waals surface area contributed by atoms with Crippen LogP contribution in [0.4, 0.5) is 5.69 Å². The Morgan fingerprint density at radius 1 is 1.08 bits per heavy atom. The van der Waals surface area contributed by atoms with Gasteiger partial charge in [0, 0.05) is 5.39 Å². The molecule has 0 bridgehead atoms. The number of ether oxygens (including phenoxy) is 1. The topological polar surface area (TPSA) is 63.8 Å². The average Bonchev–Trinajstić information content (AvgIpc) is 2.85. The maximum absolute atomic E-state index is 11.0. The Kier molecular flexibility index (Phi) is 4.85. The number of nitroso groups, excluding NO2 is 1. The quantitative estimate of drug-likeness (QED) is 0.566. The molecule has 1 N–H and O–H groups in total. The van der Waals surface area contributed by atoms with E-state index in [1.807, 2.05) is 0 Å². The molecular formula is C16H11Cl3N2O3. The number of hydrogen-bond donors (Lipinski definition) is 1. The van der Waals surface area contributed by atoms with Crippen LogP contribution in [0.5, 0.6) is 11.6 Å². The van der Waals surface area contributed by atoms with Gasteiger partial charge in [0.2, 0.25) is 5.88 Å². The average molecular weight is 386 g/mol. The third-order valence-corrected chi connectivity index (χ3v) is 4.67. The Hall–Kier alpha value is -1.95. The van der Waals surface area contributed by atoms with E-state index in [0.717, 1.165) is 0 Å². The molecule has 0 fully saturated rings. The molecule has 0 aliphatic carbocycles. The lowest BCUT2D eigenvalue weighted by Gasteiger charge is -2.11. The van der Waals surface area contributed by atoms with Gasteiger partial charge in [-0.3, -0.25) is 0 Å². The first-order valence-corrected chi connectivity index (χ1v) is 8.07. The van der Waals surface area contributed by atoms with Crippen molar-refractivity contribution in [2.24, 2.45) is 5.18 Å². The van der Waals surface area contributed by atoms with E-state index in [1.54, 1.807) is 36.4 Å². The zero-order valence-electron chi connectivity index (χ0n) is 12.2. The molecule has 2 aromatic carbocycles. The van der Waals surface area contributed by atoms with Gasteiger partial charge in [-0.15, -0.1) is 4.91 Å². The van der Waals surface area contributed by atoms with Crippen LogP contribution in [0.15, 0.2) is 41.6 Å². The van der Waals surface area contributed by atoms with Crippen molar-refractivity contribution in [3.05, 3.63) is 56.4 Å². The lowest BCUT2D eigenvalue weighted by Crippen LogP contribution is -2.08. The maximum atomic E-state index is 11.0. The standard InChI is InChI=1S/C16H11Cl3N2O3/c17-10-3-1-2-4-12(10)24-8-7-21-15-9(14(20-23)16(21)22)5-6-11(18)13(15)19/h1-6,22H,7-8H2. The first kappa shape index (κ1) is 16.9. The molecule has 0 spiro atoms. The third kappa shape index (κ3) is 2.90. The van der Waals surface area contributed by atoms with Gasteiger partial charge in [-0.2, -0.15) is 0 Å². The summed E-state index contributed by atoms with van der Waals surface area (Å²) < 4.78 is 7.05. The van der Waals surface area contributed by atoms with Crippen molar-refractivity contribution in [2.75, 3.05) is 6.61 Å². The highest BCUT2D eigenvalue weighted by atomic mass is 35.5. The van der Waals surface area contributed by atoms with Crippen LogP contribution in [-0.4, -0.2) is 16.3 Å². The first-order valence-electron chi connectivity index (χ1n) is 6.94. The molecule has 24 heavy (non-hydrogen) atoms. The Morgan fingerprint density at radius 2 is 1.83 bits per heavy atom. The minimum atomic E-state index is -0.285. The predicted octanol–water partition coefficient (Wildman–Crippen LogP) is 5.78.